The number of nitrogens with zero attached hydrogens (tertiary/aromatic N) is 3. The van der Waals surface area contributed by atoms with E-state index in [1.165, 1.54) is 18.3 Å². The minimum absolute atomic E-state index is 0.0986. The van der Waals surface area contributed by atoms with Crippen LogP contribution in [0.2, 0.25) is 0 Å². The second kappa shape index (κ2) is 8.91. The lowest BCUT2D eigenvalue weighted by molar-refractivity contribution is -0.121. The maximum absolute atomic E-state index is 12.3. The summed E-state index contributed by atoms with van der Waals surface area (Å²) in [5.41, 5.74) is 0.291. The van der Waals surface area contributed by atoms with Crippen molar-refractivity contribution in [3.63, 3.8) is 0 Å². The smallest absolute Gasteiger partial charge is 0.227 e. The Labute approximate surface area is 178 Å². The number of fused-ring (bicyclic) bond motifs is 1. The second-order valence-corrected chi connectivity index (χ2v) is 8.75. The molecule has 0 aliphatic heterocycles. The average Bonchev–Trinajstić information content (AvgIpc) is 3.28. The summed E-state index contributed by atoms with van der Waals surface area (Å²) in [5.74, 6) is 0.665. The van der Waals surface area contributed by atoms with E-state index in [1.54, 1.807) is 0 Å². The van der Waals surface area contributed by atoms with E-state index in [1.807, 2.05) is 24.3 Å². The van der Waals surface area contributed by atoms with Gasteiger partial charge in [0.15, 0.2) is 11.0 Å². The van der Waals surface area contributed by atoms with Crippen LogP contribution in [0.1, 0.15) is 63.6 Å². The summed E-state index contributed by atoms with van der Waals surface area (Å²) in [6.07, 6.45) is 6.43. The van der Waals surface area contributed by atoms with Gasteiger partial charge in [0, 0.05) is 19.8 Å². The van der Waals surface area contributed by atoms with Crippen LogP contribution in [-0.4, -0.2) is 26.9 Å². The van der Waals surface area contributed by atoms with Crippen molar-refractivity contribution in [2.24, 2.45) is 0 Å². The fourth-order valence-electron chi connectivity index (χ4n) is 3.95. The van der Waals surface area contributed by atoms with Gasteiger partial charge < -0.3 is 15.2 Å². The van der Waals surface area contributed by atoms with E-state index in [2.05, 4.69) is 25.8 Å². The summed E-state index contributed by atoms with van der Waals surface area (Å²) >= 11 is 1.44. The van der Waals surface area contributed by atoms with Crippen LogP contribution in [-0.2, 0) is 21.5 Å². The highest BCUT2D eigenvalue weighted by Gasteiger charge is 2.38. The van der Waals surface area contributed by atoms with Crippen molar-refractivity contribution in [3.05, 3.63) is 36.0 Å². The molecule has 1 aromatic carbocycles. The number of hydrogen-bond donors (Lipinski definition) is 2. The zero-order chi connectivity index (χ0) is 21.0. The Kier molecular flexibility index (Phi) is 6.08. The van der Waals surface area contributed by atoms with Crippen molar-refractivity contribution in [1.29, 1.82) is 0 Å². The Bertz CT molecular complexity index is 1000. The Morgan fingerprint density at radius 1 is 1.13 bits per heavy atom. The molecule has 3 aromatic rings. The van der Waals surface area contributed by atoms with Crippen molar-refractivity contribution in [2.75, 3.05) is 5.32 Å². The van der Waals surface area contributed by atoms with Gasteiger partial charge in [0.2, 0.25) is 17.7 Å². The van der Waals surface area contributed by atoms with Gasteiger partial charge in [0.1, 0.15) is 5.54 Å². The highest BCUT2D eigenvalue weighted by atomic mass is 32.1. The molecule has 30 heavy (non-hydrogen) atoms. The van der Waals surface area contributed by atoms with E-state index < -0.39 is 5.54 Å². The molecule has 1 fully saturated rings. The SMILES string of the molecule is CC(=O)NC1(c2noc(CCC(=O)Nc3nc4ccccc4s3)n2)CCCCCC1. The maximum Gasteiger partial charge on any atom is 0.227 e. The number of aryl methyl sites for hydroxylation is 1. The first-order valence-electron chi connectivity index (χ1n) is 10.3. The molecular weight excluding hydrogens is 402 g/mol. The van der Waals surface area contributed by atoms with Crippen molar-refractivity contribution in [3.8, 4) is 0 Å². The topological polar surface area (TPSA) is 110 Å². The third-order valence-electron chi connectivity index (χ3n) is 5.37. The fourth-order valence-corrected chi connectivity index (χ4v) is 4.83. The molecule has 0 atom stereocenters. The minimum atomic E-state index is -0.576. The largest absolute Gasteiger partial charge is 0.343 e. The van der Waals surface area contributed by atoms with Crippen LogP contribution in [0.15, 0.2) is 28.8 Å². The van der Waals surface area contributed by atoms with E-state index >= 15 is 0 Å². The van der Waals surface area contributed by atoms with Gasteiger partial charge in [-0.3, -0.25) is 9.59 Å². The molecule has 0 radical (unpaired) electrons. The van der Waals surface area contributed by atoms with Crippen LogP contribution in [0.4, 0.5) is 5.13 Å². The Morgan fingerprint density at radius 3 is 2.63 bits per heavy atom. The number of rotatable bonds is 6. The number of carbonyl (C=O) groups is 2. The Hall–Kier alpha value is -2.81. The number of thiazole rings is 1. The molecule has 1 saturated carbocycles. The third-order valence-corrected chi connectivity index (χ3v) is 6.33. The van der Waals surface area contributed by atoms with Crippen molar-refractivity contribution in [2.45, 2.75) is 63.8 Å². The predicted molar refractivity (Wildman–Crippen MR) is 114 cm³/mol. The maximum atomic E-state index is 12.3. The van der Waals surface area contributed by atoms with Crippen molar-refractivity contribution >= 4 is 38.5 Å². The number of amides is 2. The van der Waals surface area contributed by atoms with Crippen molar-refractivity contribution in [1.82, 2.24) is 20.4 Å². The number of aromatic nitrogens is 3. The normalized spacial score (nSPS) is 16.2. The number of hydrogen-bond acceptors (Lipinski definition) is 7. The molecule has 8 nitrogen and oxygen atoms in total. The van der Waals surface area contributed by atoms with Gasteiger partial charge in [0.05, 0.1) is 10.2 Å². The fraction of sp³-hybridized carbons (Fsp3) is 0.476. The molecule has 4 rings (SSSR count). The minimum Gasteiger partial charge on any atom is -0.343 e. The number of benzene rings is 1. The molecule has 0 spiro atoms. The van der Waals surface area contributed by atoms with E-state index in [0.717, 1.165) is 48.7 Å². The first kappa shape index (κ1) is 20.5. The molecule has 0 bridgehead atoms. The summed E-state index contributed by atoms with van der Waals surface area (Å²) in [4.78, 5) is 33.1. The average molecular weight is 428 g/mol. The standard InChI is InChI=1S/C21H25N5O3S/c1-14(27)25-21(12-6-2-3-7-13-21)19-24-18(29-26-19)11-10-17(28)23-20-22-15-8-4-5-9-16(15)30-20/h4-5,8-9H,2-3,6-7,10-13H2,1H3,(H,25,27)(H,22,23,28). The number of nitrogens with one attached hydrogen (secondary N) is 2. The molecule has 2 heterocycles. The van der Waals surface area contributed by atoms with Gasteiger partial charge in [-0.25, -0.2) is 4.98 Å². The molecule has 2 amide bonds. The number of anilines is 1. The van der Waals surface area contributed by atoms with Gasteiger partial charge in [-0.15, -0.1) is 0 Å². The van der Waals surface area contributed by atoms with E-state index in [-0.39, 0.29) is 18.2 Å². The van der Waals surface area contributed by atoms with E-state index in [9.17, 15) is 9.59 Å². The van der Waals surface area contributed by atoms with E-state index in [4.69, 9.17) is 4.52 Å². The lowest BCUT2D eigenvalue weighted by Crippen LogP contribution is -2.45. The van der Waals surface area contributed by atoms with Gasteiger partial charge in [-0.2, -0.15) is 4.98 Å². The first-order chi connectivity index (χ1) is 14.5. The summed E-state index contributed by atoms with van der Waals surface area (Å²) in [6, 6.07) is 7.76. The van der Waals surface area contributed by atoms with Gasteiger partial charge in [-0.05, 0) is 25.0 Å². The van der Waals surface area contributed by atoms with Crippen molar-refractivity contribution < 1.29 is 14.1 Å². The molecular formula is C21H25N5O3S. The van der Waals surface area contributed by atoms with Crippen LogP contribution >= 0.6 is 11.3 Å². The highest BCUT2D eigenvalue weighted by Crippen LogP contribution is 2.34. The lowest BCUT2D eigenvalue weighted by Gasteiger charge is -2.30. The highest BCUT2D eigenvalue weighted by molar-refractivity contribution is 7.22. The number of carbonyl (C=O) groups excluding carboxylic acids is 2. The molecule has 0 unspecified atom stereocenters. The molecule has 9 heteroatoms. The zero-order valence-electron chi connectivity index (χ0n) is 16.9. The predicted octanol–water partition coefficient (Wildman–Crippen LogP) is 3.94. The molecule has 2 N–H and O–H groups in total. The summed E-state index contributed by atoms with van der Waals surface area (Å²) in [5, 5.41) is 10.6. The molecule has 0 saturated heterocycles. The summed E-state index contributed by atoms with van der Waals surface area (Å²) < 4.78 is 6.44. The second-order valence-electron chi connectivity index (χ2n) is 7.72. The van der Waals surface area contributed by atoms with Crippen LogP contribution in [0.5, 0.6) is 0 Å². The Morgan fingerprint density at radius 2 is 1.90 bits per heavy atom. The first-order valence-corrected chi connectivity index (χ1v) is 11.1. The Balaban J connectivity index is 1.39. The van der Waals surface area contributed by atoms with Gasteiger partial charge >= 0.3 is 0 Å². The molecule has 158 valence electrons. The lowest BCUT2D eigenvalue weighted by atomic mass is 9.89. The molecule has 1 aliphatic carbocycles. The van der Waals surface area contributed by atoms with Crippen LogP contribution < -0.4 is 10.6 Å². The molecule has 2 aromatic heterocycles. The van der Waals surface area contributed by atoms with E-state index in [0.29, 0.717) is 23.3 Å². The van der Waals surface area contributed by atoms with Crippen LogP contribution in [0.25, 0.3) is 10.2 Å². The van der Waals surface area contributed by atoms with Gasteiger partial charge in [-0.1, -0.05) is 54.3 Å². The quantitative estimate of drug-likeness (QED) is 0.577. The van der Waals surface area contributed by atoms with Crippen LogP contribution in [0.3, 0.4) is 0 Å². The third kappa shape index (κ3) is 4.67. The van der Waals surface area contributed by atoms with Crippen LogP contribution in [0, 0.1) is 0 Å². The van der Waals surface area contributed by atoms with Gasteiger partial charge in [0.25, 0.3) is 0 Å². The summed E-state index contributed by atoms with van der Waals surface area (Å²) in [7, 11) is 0. The monoisotopic (exact) mass is 427 g/mol. The zero-order valence-corrected chi connectivity index (χ0v) is 17.8. The molecule has 1 aliphatic rings. The number of para-hydroxylation sites is 1. The summed E-state index contributed by atoms with van der Waals surface area (Å²) in [6.45, 7) is 1.51.